The number of rotatable bonds is 2. The summed E-state index contributed by atoms with van der Waals surface area (Å²) in [5, 5.41) is 0. The van der Waals surface area contributed by atoms with Gasteiger partial charge in [0.1, 0.15) is 0 Å². The lowest BCUT2D eigenvalue weighted by Crippen LogP contribution is -2.00. The van der Waals surface area contributed by atoms with Gasteiger partial charge in [0.25, 0.3) is 0 Å². The highest BCUT2D eigenvalue weighted by Crippen LogP contribution is 2.29. The van der Waals surface area contributed by atoms with Crippen molar-refractivity contribution in [3.8, 4) is 0 Å². The third-order valence-corrected chi connectivity index (χ3v) is 2.51. The first-order valence-electron chi connectivity index (χ1n) is 3.93. The molecule has 0 aromatic carbocycles. The predicted octanol–water partition coefficient (Wildman–Crippen LogP) is 3.35. The van der Waals surface area contributed by atoms with Crippen molar-refractivity contribution < 1.29 is 0 Å². The lowest BCUT2D eigenvalue weighted by molar-refractivity contribution is 0.506. The molecule has 0 N–H and O–H groups in total. The Morgan fingerprint density at radius 1 is 1.44 bits per heavy atom. The summed E-state index contributed by atoms with van der Waals surface area (Å²) < 4.78 is 0. The van der Waals surface area contributed by atoms with Crippen molar-refractivity contribution in [1.82, 2.24) is 0 Å². The summed E-state index contributed by atoms with van der Waals surface area (Å²) in [6.45, 7) is 2.25. The molecule has 9 heavy (non-hydrogen) atoms. The molecular weight excluding hydrogens is 176 g/mol. The number of halogens is 1. The van der Waals surface area contributed by atoms with Crippen LogP contribution in [0.3, 0.4) is 0 Å². The summed E-state index contributed by atoms with van der Waals surface area (Å²) in [6, 6.07) is 0. The summed E-state index contributed by atoms with van der Waals surface area (Å²) in [5.74, 6) is 1.04. The Balaban J connectivity index is 2.11. The Labute approximate surface area is 66.2 Å². The average Bonchev–Trinajstić information content (AvgIpc) is 2.15. The maximum atomic E-state index is 3.58. The molecule has 0 spiro atoms. The standard InChI is InChI=1S/C8H15Br/c1-7(9)6-8-4-2-3-5-8/h7-8H,2-6H2,1H3. The van der Waals surface area contributed by atoms with E-state index in [1.54, 1.807) is 0 Å². The van der Waals surface area contributed by atoms with E-state index in [-0.39, 0.29) is 0 Å². The summed E-state index contributed by atoms with van der Waals surface area (Å²) in [4.78, 5) is 0.737. The van der Waals surface area contributed by atoms with E-state index in [1.165, 1.54) is 32.1 Å². The van der Waals surface area contributed by atoms with Gasteiger partial charge < -0.3 is 0 Å². The normalized spacial score (nSPS) is 24.7. The molecule has 0 heterocycles. The molecule has 1 unspecified atom stereocenters. The van der Waals surface area contributed by atoms with Gasteiger partial charge in [0, 0.05) is 4.83 Å². The zero-order valence-corrected chi connectivity index (χ0v) is 7.65. The molecule has 0 aromatic heterocycles. The summed E-state index contributed by atoms with van der Waals surface area (Å²) >= 11 is 3.58. The number of hydrogen-bond donors (Lipinski definition) is 0. The molecule has 54 valence electrons. The van der Waals surface area contributed by atoms with Crippen molar-refractivity contribution in [2.75, 3.05) is 0 Å². The molecule has 0 aliphatic heterocycles. The Morgan fingerprint density at radius 3 is 2.44 bits per heavy atom. The lowest BCUT2D eigenvalue weighted by atomic mass is 10.0. The van der Waals surface area contributed by atoms with Crippen LogP contribution >= 0.6 is 15.9 Å². The van der Waals surface area contributed by atoms with Crippen LogP contribution in [0.25, 0.3) is 0 Å². The molecule has 1 rings (SSSR count). The topological polar surface area (TPSA) is 0 Å². The van der Waals surface area contributed by atoms with Gasteiger partial charge in [-0.15, -0.1) is 0 Å². The van der Waals surface area contributed by atoms with Gasteiger partial charge in [0.05, 0.1) is 0 Å². The van der Waals surface area contributed by atoms with E-state index in [1.807, 2.05) is 0 Å². The van der Waals surface area contributed by atoms with E-state index in [0.29, 0.717) is 0 Å². The van der Waals surface area contributed by atoms with E-state index in [0.717, 1.165) is 10.7 Å². The van der Waals surface area contributed by atoms with Crippen LogP contribution in [0.2, 0.25) is 0 Å². The third kappa shape index (κ3) is 2.70. The van der Waals surface area contributed by atoms with Crippen molar-refractivity contribution in [1.29, 1.82) is 0 Å². The minimum Gasteiger partial charge on any atom is -0.0894 e. The Hall–Kier alpha value is 0.480. The molecule has 0 saturated heterocycles. The molecular formula is C8H15Br. The summed E-state index contributed by atoms with van der Waals surface area (Å²) in [7, 11) is 0. The Morgan fingerprint density at radius 2 is 2.00 bits per heavy atom. The molecule has 0 aromatic rings. The Bertz CT molecular complexity index is 72.6. The van der Waals surface area contributed by atoms with Crippen LogP contribution in [0.5, 0.6) is 0 Å². The zero-order valence-electron chi connectivity index (χ0n) is 6.07. The van der Waals surface area contributed by atoms with E-state index in [9.17, 15) is 0 Å². The van der Waals surface area contributed by atoms with Crippen molar-refractivity contribution >= 4 is 15.9 Å². The maximum absolute atomic E-state index is 3.58. The van der Waals surface area contributed by atoms with E-state index < -0.39 is 0 Å². The second kappa shape index (κ2) is 3.60. The Kier molecular flexibility index (Phi) is 3.03. The lowest BCUT2D eigenvalue weighted by Gasteiger charge is -2.09. The van der Waals surface area contributed by atoms with Crippen LogP contribution in [0, 0.1) is 5.92 Å². The van der Waals surface area contributed by atoms with Crippen LogP contribution in [-0.2, 0) is 0 Å². The van der Waals surface area contributed by atoms with Gasteiger partial charge >= 0.3 is 0 Å². The second-order valence-corrected chi connectivity index (χ2v) is 4.73. The molecule has 1 atom stereocenters. The molecule has 1 heteroatoms. The largest absolute Gasteiger partial charge is 0.0894 e. The molecule has 1 aliphatic carbocycles. The van der Waals surface area contributed by atoms with E-state index >= 15 is 0 Å². The number of hydrogen-bond acceptors (Lipinski definition) is 0. The van der Waals surface area contributed by atoms with Crippen LogP contribution in [0.1, 0.15) is 39.0 Å². The SMILES string of the molecule is CC(Br)CC1CCCC1. The van der Waals surface area contributed by atoms with Crippen molar-refractivity contribution in [2.24, 2.45) is 5.92 Å². The molecule has 1 fully saturated rings. The molecule has 0 nitrogen and oxygen atoms in total. The highest BCUT2D eigenvalue weighted by Gasteiger charge is 2.15. The minimum atomic E-state index is 0.737. The van der Waals surface area contributed by atoms with Gasteiger partial charge in [0.15, 0.2) is 0 Å². The van der Waals surface area contributed by atoms with Gasteiger partial charge in [-0.3, -0.25) is 0 Å². The van der Waals surface area contributed by atoms with Crippen LogP contribution in [0.4, 0.5) is 0 Å². The fraction of sp³-hybridized carbons (Fsp3) is 1.00. The fourth-order valence-electron chi connectivity index (χ4n) is 1.71. The van der Waals surface area contributed by atoms with Gasteiger partial charge in [-0.1, -0.05) is 48.5 Å². The van der Waals surface area contributed by atoms with Crippen LogP contribution < -0.4 is 0 Å². The van der Waals surface area contributed by atoms with Gasteiger partial charge in [-0.25, -0.2) is 0 Å². The third-order valence-electron chi connectivity index (χ3n) is 2.13. The maximum Gasteiger partial charge on any atom is 0.0120 e. The highest BCUT2D eigenvalue weighted by molar-refractivity contribution is 9.09. The summed E-state index contributed by atoms with van der Waals surface area (Å²) in [6.07, 6.45) is 7.31. The molecule has 0 radical (unpaired) electrons. The first kappa shape index (κ1) is 7.59. The summed E-state index contributed by atoms with van der Waals surface area (Å²) in [5.41, 5.74) is 0. The molecule has 1 saturated carbocycles. The van der Waals surface area contributed by atoms with E-state index in [4.69, 9.17) is 0 Å². The molecule has 0 amide bonds. The van der Waals surface area contributed by atoms with Crippen molar-refractivity contribution in [3.05, 3.63) is 0 Å². The van der Waals surface area contributed by atoms with Crippen molar-refractivity contribution in [2.45, 2.75) is 43.9 Å². The first-order chi connectivity index (χ1) is 4.29. The van der Waals surface area contributed by atoms with Crippen LogP contribution in [0.15, 0.2) is 0 Å². The second-order valence-electron chi connectivity index (χ2n) is 3.17. The quantitative estimate of drug-likeness (QED) is 0.587. The molecule has 0 bridgehead atoms. The van der Waals surface area contributed by atoms with Gasteiger partial charge in [-0.05, 0) is 12.3 Å². The monoisotopic (exact) mass is 190 g/mol. The average molecular weight is 191 g/mol. The van der Waals surface area contributed by atoms with Gasteiger partial charge in [-0.2, -0.15) is 0 Å². The van der Waals surface area contributed by atoms with Crippen LogP contribution in [-0.4, -0.2) is 4.83 Å². The molecule has 1 aliphatic rings. The first-order valence-corrected chi connectivity index (χ1v) is 4.84. The van der Waals surface area contributed by atoms with Crippen molar-refractivity contribution in [3.63, 3.8) is 0 Å². The zero-order chi connectivity index (χ0) is 6.69. The van der Waals surface area contributed by atoms with E-state index in [2.05, 4.69) is 22.9 Å². The smallest absolute Gasteiger partial charge is 0.0120 e. The predicted molar refractivity (Wildman–Crippen MR) is 45.0 cm³/mol. The minimum absolute atomic E-state index is 0.737. The van der Waals surface area contributed by atoms with Gasteiger partial charge in [0.2, 0.25) is 0 Å². The fourth-order valence-corrected chi connectivity index (χ4v) is 2.23. The number of alkyl halides is 1. The highest BCUT2D eigenvalue weighted by atomic mass is 79.9.